The summed E-state index contributed by atoms with van der Waals surface area (Å²) in [5.74, 6) is -0.249. The molecule has 0 spiro atoms. The molecule has 1 heterocycles. The van der Waals surface area contributed by atoms with Gasteiger partial charge in [-0.15, -0.1) is 11.3 Å². The first-order valence-corrected chi connectivity index (χ1v) is 6.77. The Balaban J connectivity index is 2.26. The molecule has 1 aromatic heterocycles. The summed E-state index contributed by atoms with van der Waals surface area (Å²) in [5, 5.41) is 12.6. The van der Waals surface area contributed by atoms with E-state index in [2.05, 4.69) is 16.4 Å². The fourth-order valence-electron chi connectivity index (χ4n) is 1.82. The molecular formula is C14H14FN3S. The maximum atomic E-state index is 12.9. The van der Waals surface area contributed by atoms with Crippen LogP contribution in [0.5, 0.6) is 0 Å². The molecule has 0 aliphatic carbocycles. The number of benzene rings is 1. The number of nitrogens with one attached hydrogen (secondary N) is 1. The second-order valence-corrected chi connectivity index (χ2v) is 5.27. The van der Waals surface area contributed by atoms with Crippen molar-refractivity contribution >= 4 is 11.3 Å². The molecule has 0 saturated carbocycles. The van der Waals surface area contributed by atoms with E-state index in [1.165, 1.54) is 12.1 Å². The quantitative estimate of drug-likeness (QED) is 0.870. The van der Waals surface area contributed by atoms with E-state index in [9.17, 15) is 4.39 Å². The molecule has 0 bridgehead atoms. The van der Waals surface area contributed by atoms with Gasteiger partial charge in [-0.3, -0.25) is 5.32 Å². The summed E-state index contributed by atoms with van der Waals surface area (Å²) in [6.45, 7) is 4.26. The molecular weight excluding hydrogens is 261 g/mol. The van der Waals surface area contributed by atoms with Crippen LogP contribution in [0.2, 0.25) is 0 Å². The fourth-order valence-corrected chi connectivity index (χ4v) is 2.92. The van der Waals surface area contributed by atoms with Gasteiger partial charge in [0.1, 0.15) is 10.8 Å². The van der Waals surface area contributed by atoms with Crippen molar-refractivity contribution in [2.75, 3.05) is 6.54 Å². The van der Waals surface area contributed by atoms with Gasteiger partial charge in [-0.2, -0.15) is 5.26 Å². The number of hydrogen-bond donors (Lipinski definition) is 1. The van der Waals surface area contributed by atoms with Crippen molar-refractivity contribution in [1.82, 2.24) is 10.3 Å². The van der Waals surface area contributed by atoms with E-state index in [1.54, 1.807) is 23.5 Å². The Labute approximate surface area is 115 Å². The summed E-state index contributed by atoms with van der Waals surface area (Å²) in [6.07, 6.45) is 0. The van der Waals surface area contributed by atoms with Crippen molar-refractivity contribution in [3.05, 3.63) is 40.7 Å². The molecule has 0 radical (unpaired) electrons. The van der Waals surface area contributed by atoms with Gasteiger partial charge in [-0.05, 0) is 38.1 Å². The monoisotopic (exact) mass is 275 g/mol. The van der Waals surface area contributed by atoms with E-state index < -0.39 is 0 Å². The van der Waals surface area contributed by atoms with Crippen LogP contribution in [0.15, 0.2) is 24.3 Å². The van der Waals surface area contributed by atoms with Gasteiger partial charge in [0.25, 0.3) is 0 Å². The van der Waals surface area contributed by atoms with Crippen LogP contribution in [-0.2, 0) is 0 Å². The van der Waals surface area contributed by atoms with Crippen LogP contribution in [0, 0.1) is 24.1 Å². The highest BCUT2D eigenvalue weighted by Crippen LogP contribution is 2.31. The summed E-state index contributed by atoms with van der Waals surface area (Å²) >= 11 is 1.57. The van der Waals surface area contributed by atoms with Crippen LogP contribution in [0.4, 0.5) is 4.39 Å². The van der Waals surface area contributed by atoms with E-state index in [1.807, 2.05) is 13.8 Å². The van der Waals surface area contributed by atoms with Crippen molar-refractivity contribution in [3.8, 4) is 16.6 Å². The predicted octanol–water partition coefficient (Wildman–Crippen LogP) is 3.43. The van der Waals surface area contributed by atoms with Crippen LogP contribution in [-0.4, -0.2) is 11.5 Å². The van der Waals surface area contributed by atoms with E-state index in [0.717, 1.165) is 21.1 Å². The van der Waals surface area contributed by atoms with Crippen LogP contribution < -0.4 is 5.32 Å². The molecule has 98 valence electrons. The largest absolute Gasteiger partial charge is 0.297 e. The fraction of sp³-hybridized carbons (Fsp3) is 0.286. The average molecular weight is 275 g/mol. The lowest BCUT2D eigenvalue weighted by atomic mass is 10.2. The first-order chi connectivity index (χ1) is 9.11. The van der Waals surface area contributed by atoms with Crippen molar-refractivity contribution in [2.45, 2.75) is 19.9 Å². The van der Waals surface area contributed by atoms with Gasteiger partial charge >= 0.3 is 0 Å². The Bertz CT molecular complexity index is 598. The molecule has 5 heteroatoms. The van der Waals surface area contributed by atoms with Gasteiger partial charge < -0.3 is 0 Å². The Morgan fingerprint density at radius 2 is 2.11 bits per heavy atom. The second kappa shape index (κ2) is 5.91. The Morgan fingerprint density at radius 3 is 2.74 bits per heavy atom. The third-order valence-corrected chi connectivity index (χ3v) is 4.19. The maximum Gasteiger partial charge on any atom is 0.123 e. The summed E-state index contributed by atoms with van der Waals surface area (Å²) in [7, 11) is 0. The predicted molar refractivity (Wildman–Crippen MR) is 74.3 cm³/mol. The highest BCUT2D eigenvalue weighted by atomic mass is 32.1. The standard InChI is InChI=1S/C14H14FN3S/c1-9(17-8-7-16)13-10(2)18-14(19-13)11-3-5-12(15)6-4-11/h3-6,9,17H,8H2,1-2H3/t9-/m0/s1. The SMILES string of the molecule is Cc1nc(-c2ccc(F)cc2)sc1[C@H](C)NCC#N. The van der Waals surface area contributed by atoms with Crippen LogP contribution >= 0.6 is 11.3 Å². The summed E-state index contributed by atoms with van der Waals surface area (Å²) in [5.41, 5.74) is 1.86. The lowest BCUT2D eigenvalue weighted by molar-refractivity contribution is 0.626. The highest BCUT2D eigenvalue weighted by Gasteiger charge is 2.14. The van der Waals surface area contributed by atoms with Gasteiger partial charge in [0.05, 0.1) is 18.3 Å². The normalized spacial score (nSPS) is 12.1. The highest BCUT2D eigenvalue weighted by molar-refractivity contribution is 7.15. The first-order valence-electron chi connectivity index (χ1n) is 5.95. The third kappa shape index (κ3) is 3.16. The Hall–Kier alpha value is -1.77. The molecule has 2 rings (SSSR count). The second-order valence-electron chi connectivity index (χ2n) is 4.24. The summed E-state index contributed by atoms with van der Waals surface area (Å²) < 4.78 is 12.9. The van der Waals surface area contributed by atoms with Gasteiger partial charge in [0.15, 0.2) is 0 Å². The van der Waals surface area contributed by atoms with Gasteiger partial charge in [-0.25, -0.2) is 9.37 Å². The van der Waals surface area contributed by atoms with Crippen LogP contribution in [0.3, 0.4) is 0 Å². The zero-order chi connectivity index (χ0) is 13.8. The summed E-state index contributed by atoms with van der Waals surface area (Å²) in [6, 6.07) is 8.47. The molecule has 0 aliphatic heterocycles. The lowest BCUT2D eigenvalue weighted by Gasteiger charge is -2.08. The minimum Gasteiger partial charge on any atom is -0.297 e. The smallest absolute Gasteiger partial charge is 0.123 e. The molecule has 0 amide bonds. The van der Waals surface area contributed by atoms with Crippen LogP contribution in [0.25, 0.3) is 10.6 Å². The molecule has 19 heavy (non-hydrogen) atoms. The van der Waals surface area contributed by atoms with Gasteiger partial charge in [0.2, 0.25) is 0 Å². The van der Waals surface area contributed by atoms with Crippen molar-refractivity contribution in [1.29, 1.82) is 5.26 Å². The van der Waals surface area contributed by atoms with Gasteiger partial charge in [-0.1, -0.05) is 0 Å². The molecule has 0 aliphatic rings. The zero-order valence-electron chi connectivity index (χ0n) is 10.8. The van der Waals surface area contributed by atoms with E-state index >= 15 is 0 Å². The Kier molecular flexibility index (Phi) is 4.25. The number of aryl methyl sites for hydroxylation is 1. The van der Waals surface area contributed by atoms with Crippen molar-refractivity contribution < 1.29 is 4.39 Å². The number of halogens is 1. The number of nitrogens with zero attached hydrogens (tertiary/aromatic N) is 2. The lowest BCUT2D eigenvalue weighted by Crippen LogP contribution is -2.18. The van der Waals surface area contributed by atoms with Crippen molar-refractivity contribution in [3.63, 3.8) is 0 Å². The number of hydrogen-bond acceptors (Lipinski definition) is 4. The molecule has 1 atom stereocenters. The average Bonchev–Trinajstić information content (AvgIpc) is 2.79. The minimum absolute atomic E-state index is 0.0892. The van der Waals surface area contributed by atoms with Gasteiger partial charge in [0, 0.05) is 16.5 Å². The molecule has 0 unspecified atom stereocenters. The van der Waals surface area contributed by atoms with E-state index in [-0.39, 0.29) is 11.9 Å². The topological polar surface area (TPSA) is 48.7 Å². The maximum absolute atomic E-state index is 12.9. The molecule has 2 aromatic rings. The summed E-state index contributed by atoms with van der Waals surface area (Å²) in [4.78, 5) is 5.62. The molecule has 1 N–H and O–H groups in total. The first kappa shape index (κ1) is 13.7. The number of nitriles is 1. The third-order valence-electron chi connectivity index (χ3n) is 2.80. The van der Waals surface area contributed by atoms with Crippen molar-refractivity contribution in [2.24, 2.45) is 0 Å². The number of aromatic nitrogens is 1. The van der Waals surface area contributed by atoms with E-state index in [0.29, 0.717) is 6.54 Å². The zero-order valence-corrected chi connectivity index (χ0v) is 11.6. The number of thiazole rings is 1. The van der Waals surface area contributed by atoms with E-state index in [4.69, 9.17) is 5.26 Å². The molecule has 3 nitrogen and oxygen atoms in total. The van der Waals surface area contributed by atoms with Crippen LogP contribution in [0.1, 0.15) is 23.5 Å². The minimum atomic E-state index is -0.249. The Morgan fingerprint density at radius 1 is 1.42 bits per heavy atom. The molecule has 1 aromatic carbocycles. The number of rotatable bonds is 4. The molecule has 0 fully saturated rings. The molecule has 0 saturated heterocycles.